The summed E-state index contributed by atoms with van der Waals surface area (Å²) >= 11 is 4.45. The van der Waals surface area contributed by atoms with Crippen LogP contribution in [0.2, 0.25) is 0 Å². The second-order valence-corrected chi connectivity index (χ2v) is 5.01. The fourth-order valence-corrected chi connectivity index (χ4v) is 2.06. The molecule has 0 saturated heterocycles. The van der Waals surface area contributed by atoms with E-state index >= 15 is 0 Å². The molecule has 1 aromatic carbocycles. The van der Waals surface area contributed by atoms with Crippen LogP contribution in [0.1, 0.15) is 43.5 Å². The molecule has 0 spiro atoms. The van der Waals surface area contributed by atoms with Crippen molar-refractivity contribution >= 4 is 5.69 Å². The summed E-state index contributed by atoms with van der Waals surface area (Å²) in [5, 5.41) is 0. The first-order valence-electron chi connectivity index (χ1n) is 6.73. The molecule has 0 aliphatic carbocycles. The molecule has 0 fully saturated rings. The van der Waals surface area contributed by atoms with Crippen LogP contribution in [0.25, 0.3) is 0 Å². The van der Waals surface area contributed by atoms with Crippen molar-refractivity contribution in [3.63, 3.8) is 0 Å². The Bertz CT molecular complexity index is 539. The molecule has 4 heteroatoms. The van der Waals surface area contributed by atoms with Crippen LogP contribution in [0.3, 0.4) is 0 Å². The van der Waals surface area contributed by atoms with Gasteiger partial charge < -0.3 is 0 Å². The van der Waals surface area contributed by atoms with Gasteiger partial charge in [-0.05, 0) is 6.42 Å². The zero-order valence-corrected chi connectivity index (χ0v) is 13.4. The SMILES string of the molecule is CCc1cnccn1.Cc1cccc(C(C)C)c1[N]=[Ni]. The molecule has 0 saturated carbocycles. The summed E-state index contributed by atoms with van der Waals surface area (Å²) < 4.78 is 3.92. The number of aryl methyl sites for hydroxylation is 2. The molecule has 0 aliphatic rings. The second kappa shape index (κ2) is 8.70. The topological polar surface area (TPSA) is 38.1 Å². The van der Waals surface area contributed by atoms with Crippen molar-refractivity contribution in [1.82, 2.24) is 9.97 Å². The van der Waals surface area contributed by atoms with Crippen molar-refractivity contribution in [3.05, 3.63) is 53.6 Å². The Labute approximate surface area is 129 Å². The van der Waals surface area contributed by atoms with E-state index < -0.39 is 0 Å². The molecule has 20 heavy (non-hydrogen) atoms. The van der Waals surface area contributed by atoms with Crippen molar-refractivity contribution in [1.29, 1.82) is 0 Å². The molecule has 2 rings (SSSR count). The van der Waals surface area contributed by atoms with Crippen LogP contribution in [-0.2, 0) is 21.7 Å². The van der Waals surface area contributed by atoms with Gasteiger partial charge in [0.05, 0.1) is 5.69 Å². The summed E-state index contributed by atoms with van der Waals surface area (Å²) in [6.45, 7) is 8.42. The van der Waals surface area contributed by atoms with Gasteiger partial charge >= 0.3 is 81.0 Å². The molecule has 1 aromatic heterocycles. The quantitative estimate of drug-likeness (QED) is 0.781. The van der Waals surface area contributed by atoms with E-state index in [-0.39, 0.29) is 0 Å². The molecular weight excluding hydrogens is 293 g/mol. The standard InChI is InChI=1S/C10H13N.C6H8N2.Ni/c1-7(2)9-6-4-5-8(3)10(9)11;1-2-6-5-7-3-4-8-6;/h4-7H,1-3H3;3-5H,2H2,1H3;. The third-order valence-corrected chi connectivity index (χ3v) is 3.16. The van der Waals surface area contributed by atoms with Crippen molar-refractivity contribution in [2.75, 3.05) is 0 Å². The van der Waals surface area contributed by atoms with Crippen LogP contribution >= 0.6 is 0 Å². The second-order valence-electron chi connectivity index (χ2n) is 4.79. The Kier molecular flexibility index (Phi) is 7.24. The first-order valence-corrected chi connectivity index (χ1v) is 7.17. The summed E-state index contributed by atoms with van der Waals surface area (Å²) in [5.74, 6) is 0.499. The molecule has 2 aromatic rings. The van der Waals surface area contributed by atoms with Gasteiger partial charge in [-0.25, -0.2) is 0 Å². The summed E-state index contributed by atoms with van der Waals surface area (Å²) in [5.41, 5.74) is 4.47. The van der Waals surface area contributed by atoms with Gasteiger partial charge in [-0.15, -0.1) is 0 Å². The number of hydrogen-bond acceptors (Lipinski definition) is 3. The van der Waals surface area contributed by atoms with E-state index in [1.165, 1.54) is 11.1 Å². The number of hydrogen-bond donors (Lipinski definition) is 0. The van der Waals surface area contributed by atoms with Crippen molar-refractivity contribution in [3.8, 4) is 0 Å². The first kappa shape index (κ1) is 16.6. The van der Waals surface area contributed by atoms with Crippen molar-refractivity contribution < 1.29 is 15.3 Å². The third kappa shape index (κ3) is 4.94. The molecule has 0 bridgehead atoms. The van der Waals surface area contributed by atoms with Crippen molar-refractivity contribution in [2.24, 2.45) is 4.03 Å². The Morgan fingerprint density at radius 2 is 2.00 bits per heavy atom. The van der Waals surface area contributed by atoms with E-state index in [4.69, 9.17) is 0 Å². The molecule has 0 aliphatic heterocycles. The van der Waals surface area contributed by atoms with Gasteiger partial charge in [0, 0.05) is 18.6 Å². The summed E-state index contributed by atoms with van der Waals surface area (Å²) in [4.78, 5) is 7.93. The van der Waals surface area contributed by atoms with Crippen LogP contribution in [-0.4, -0.2) is 9.97 Å². The Morgan fingerprint density at radius 3 is 2.40 bits per heavy atom. The van der Waals surface area contributed by atoms with Gasteiger partial charge in [0.1, 0.15) is 0 Å². The normalized spacial score (nSPS) is 9.95. The van der Waals surface area contributed by atoms with Crippen LogP contribution < -0.4 is 0 Å². The fourth-order valence-electron chi connectivity index (χ4n) is 1.76. The predicted octanol–water partition coefficient (Wildman–Crippen LogP) is 4.52. The zero-order chi connectivity index (χ0) is 15.0. The number of nitrogens with zero attached hydrogens (tertiary/aromatic N) is 3. The molecule has 0 amide bonds. The Hall–Kier alpha value is -1.41. The number of rotatable bonds is 3. The Morgan fingerprint density at radius 1 is 1.25 bits per heavy atom. The Balaban J connectivity index is 0.000000217. The van der Waals surface area contributed by atoms with E-state index in [2.05, 4.69) is 62.2 Å². The summed E-state index contributed by atoms with van der Waals surface area (Å²) in [6, 6.07) is 6.19. The third-order valence-electron chi connectivity index (χ3n) is 2.94. The van der Waals surface area contributed by atoms with Gasteiger partial charge in [-0.1, -0.05) is 6.92 Å². The molecule has 0 unspecified atom stereocenters. The van der Waals surface area contributed by atoms with E-state index in [9.17, 15) is 0 Å². The van der Waals surface area contributed by atoms with Crippen LogP contribution in [0, 0.1) is 6.92 Å². The fraction of sp³-hybridized carbons (Fsp3) is 0.375. The van der Waals surface area contributed by atoms with Gasteiger partial charge in [0.15, 0.2) is 0 Å². The van der Waals surface area contributed by atoms with Crippen LogP contribution in [0.5, 0.6) is 0 Å². The zero-order valence-electron chi connectivity index (χ0n) is 12.4. The van der Waals surface area contributed by atoms with Gasteiger partial charge in [-0.3, -0.25) is 9.97 Å². The molecule has 1 heterocycles. The molecule has 0 radical (unpaired) electrons. The average molecular weight is 314 g/mol. The monoisotopic (exact) mass is 313 g/mol. The van der Waals surface area contributed by atoms with Gasteiger partial charge in [0.25, 0.3) is 0 Å². The number of aromatic nitrogens is 2. The maximum absolute atomic E-state index is 4.45. The van der Waals surface area contributed by atoms with E-state index in [1.807, 2.05) is 13.0 Å². The molecule has 110 valence electrons. The van der Waals surface area contributed by atoms with E-state index in [0.717, 1.165) is 17.8 Å². The van der Waals surface area contributed by atoms with Gasteiger partial charge in [0.2, 0.25) is 0 Å². The van der Waals surface area contributed by atoms with E-state index in [1.54, 1.807) is 18.6 Å². The molecule has 0 N–H and O–H groups in total. The van der Waals surface area contributed by atoms with Gasteiger partial charge in [-0.2, -0.15) is 0 Å². The first-order chi connectivity index (χ1) is 9.60. The van der Waals surface area contributed by atoms with E-state index in [0.29, 0.717) is 5.92 Å². The maximum atomic E-state index is 4.45. The molecule has 0 atom stereocenters. The van der Waals surface area contributed by atoms with Crippen molar-refractivity contribution in [2.45, 2.75) is 40.0 Å². The van der Waals surface area contributed by atoms with Crippen LogP contribution in [0.4, 0.5) is 5.69 Å². The molecule has 3 nitrogen and oxygen atoms in total. The average Bonchev–Trinajstić information content (AvgIpc) is 2.48. The summed E-state index contributed by atoms with van der Waals surface area (Å²) in [6.07, 6.45) is 6.13. The molecular formula is C16H21N3Ni. The minimum absolute atomic E-state index is 0.499. The summed E-state index contributed by atoms with van der Waals surface area (Å²) in [7, 11) is 0. The van der Waals surface area contributed by atoms with Crippen LogP contribution in [0.15, 0.2) is 40.8 Å². The minimum atomic E-state index is 0.499. The number of benzene rings is 1. The predicted molar refractivity (Wildman–Crippen MR) is 78.8 cm³/mol.